The number of aromatic nitrogens is 4. The van der Waals surface area contributed by atoms with Gasteiger partial charge in [-0.2, -0.15) is 4.31 Å². The summed E-state index contributed by atoms with van der Waals surface area (Å²) in [4.78, 5) is 53.2. The normalized spacial score (nSPS) is 25.5. The molecule has 1 aliphatic carbocycles. The maximum atomic E-state index is 13.7. The Labute approximate surface area is 242 Å². The Bertz CT molecular complexity index is 1440. The van der Waals surface area contributed by atoms with Crippen LogP contribution >= 0.6 is 0 Å². The van der Waals surface area contributed by atoms with Gasteiger partial charge in [0.25, 0.3) is 0 Å². The van der Waals surface area contributed by atoms with E-state index in [1.807, 2.05) is 0 Å². The molecule has 0 radical (unpaired) electrons. The number of ketones is 1. The number of hydrogen-bond acceptors (Lipinski definition) is 10. The van der Waals surface area contributed by atoms with Gasteiger partial charge in [-0.05, 0) is 60.4 Å². The summed E-state index contributed by atoms with van der Waals surface area (Å²) >= 11 is 0. The van der Waals surface area contributed by atoms with Crippen molar-refractivity contribution in [1.82, 2.24) is 34.7 Å². The number of rotatable bonds is 10. The number of sulfonamides is 1. The summed E-state index contributed by atoms with van der Waals surface area (Å²) in [6.45, 7) is -0.916. The largest absolute Gasteiger partial charge is 0.480 e. The number of fused-ring (bicyclic) bond motifs is 1. The molecule has 2 amide bonds. The van der Waals surface area contributed by atoms with E-state index in [9.17, 15) is 32.7 Å². The van der Waals surface area contributed by atoms with E-state index in [2.05, 4.69) is 20.8 Å². The molecule has 42 heavy (non-hydrogen) atoms. The maximum Gasteiger partial charge on any atom is 0.325 e. The molecule has 3 heterocycles. The number of nitrogens with zero attached hydrogens (tertiary/aromatic N) is 6. The SMILES string of the molecule is NC1CCC([C@H](NC(=O)[C@@H]2CC[C@H]3CN(S(=O)(=O)Cc4ccccc4)CC(=O)N32)C(=O)c2nnnn2CC(=O)O)CC1. The van der Waals surface area contributed by atoms with E-state index in [1.54, 1.807) is 30.3 Å². The summed E-state index contributed by atoms with van der Waals surface area (Å²) < 4.78 is 28.3. The van der Waals surface area contributed by atoms with E-state index < -0.39 is 58.3 Å². The second-order valence-electron chi connectivity index (χ2n) is 11.2. The number of benzene rings is 1. The fourth-order valence-corrected chi connectivity index (χ4v) is 7.70. The number of nitrogens with two attached hydrogens (primary N) is 1. The smallest absolute Gasteiger partial charge is 0.325 e. The number of carbonyl (C=O) groups excluding carboxylic acids is 3. The topological polar surface area (TPSA) is 211 Å². The highest BCUT2D eigenvalue weighted by Crippen LogP contribution is 2.32. The van der Waals surface area contributed by atoms with E-state index in [0.717, 1.165) is 4.68 Å². The Kier molecular flexibility index (Phi) is 8.65. The molecule has 16 heteroatoms. The van der Waals surface area contributed by atoms with Crippen LogP contribution < -0.4 is 11.1 Å². The highest BCUT2D eigenvalue weighted by molar-refractivity contribution is 7.88. The summed E-state index contributed by atoms with van der Waals surface area (Å²) in [5.41, 5.74) is 6.67. The fourth-order valence-electron chi connectivity index (χ4n) is 6.20. The minimum Gasteiger partial charge on any atom is -0.480 e. The molecule has 1 saturated carbocycles. The number of tetrazole rings is 1. The zero-order valence-corrected chi connectivity index (χ0v) is 23.7. The summed E-state index contributed by atoms with van der Waals surface area (Å²) in [5, 5.41) is 22.8. The average molecular weight is 603 g/mol. The Morgan fingerprint density at radius 1 is 1.07 bits per heavy atom. The number of carboxylic acid groups (broad SMARTS) is 1. The molecule has 0 spiro atoms. The van der Waals surface area contributed by atoms with Gasteiger partial charge in [-0.3, -0.25) is 19.2 Å². The van der Waals surface area contributed by atoms with E-state index >= 15 is 0 Å². The van der Waals surface area contributed by atoms with Gasteiger partial charge in [-0.15, -0.1) is 5.10 Å². The molecule has 2 aliphatic heterocycles. The Balaban J connectivity index is 1.31. The summed E-state index contributed by atoms with van der Waals surface area (Å²) in [5.74, 6) is -3.66. The number of hydrogen-bond donors (Lipinski definition) is 3. The van der Waals surface area contributed by atoms with Crippen molar-refractivity contribution in [1.29, 1.82) is 0 Å². The molecule has 3 fully saturated rings. The number of aliphatic carboxylic acids is 1. The van der Waals surface area contributed by atoms with E-state index in [-0.39, 0.29) is 36.6 Å². The lowest BCUT2D eigenvalue weighted by molar-refractivity contribution is -0.143. The van der Waals surface area contributed by atoms with Crippen molar-refractivity contribution in [2.45, 2.75) is 75.0 Å². The first-order valence-corrected chi connectivity index (χ1v) is 15.6. The quantitative estimate of drug-likeness (QED) is 0.285. The predicted octanol–water partition coefficient (Wildman–Crippen LogP) is -0.852. The van der Waals surface area contributed by atoms with E-state index in [1.165, 1.54) is 9.21 Å². The van der Waals surface area contributed by atoms with Crippen LogP contribution in [0.4, 0.5) is 0 Å². The van der Waals surface area contributed by atoms with Gasteiger partial charge in [0.2, 0.25) is 33.4 Å². The van der Waals surface area contributed by atoms with Crippen LogP contribution in [0.5, 0.6) is 0 Å². The van der Waals surface area contributed by atoms with Gasteiger partial charge in [0, 0.05) is 18.6 Å². The third kappa shape index (κ3) is 6.34. The lowest BCUT2D eigenvalue weighted by Crippen LogP contribution is -2.61. The second-order valence-corrected chi connectivity index (χ2v) is 13.1. The predicted molar refractivity (Wildman–Crippen MR) is 146 cm³/mol. The van der Waals surface area contributed by atoms with Gasteiger partial charge in [0.1, 0.15) is 12.6 Å². The van der Waals surface area contributed by atoms with Crippen molar-refractivity contribution >= 4 is 33.6 Å². The van der Waals surface area contributed by atoms with Crippen LogP contribution in [0.2, 0.25) is 0 Å². The minimum absolute atomic E-state index is 0.0206. The molecule has 3 aliphatic rings. The van der Waals surface area contributed by atoms with E-state index in [0.29, 0.717) is 44.1 Å². The summed E-state index contributed by atoms with van der Waals surface area (Å²) in [6, 6.07) is 6.29. The number of carbonyl (C=O) groups is 4. The summed E-state index contributed by atoms with van der Waals surface area (Å²) in [6.07, 6.45) is 3.14. The summed E-state index contributed by atoms with van der Waals surface area (Å²) in [7, 11) is -3.77. The number of piperazine rings is 1. The van der Waals surface area contributed by atoms with Crippen LogP contribution in [-0.2, 0) is 36.7 Å². The van der Waals surface area contributed by atoms with Gasteiger partial charge >= 0.3 is 5.97 Å². The first-order valence-electron chi connectivity index (χ1n) is 13.9. The number of Topliss-reactive ketones (excluding diaryl/α,β-unsaturated/α-hetero) is 1. The molecule has 4 N–H and O–H groups in total. The maximum absolute atomic E-state index is 13.7. The van der Waals surface area contributed by atoms with Crippen LogP contribution in [0.25, 0.3) is 0 Å². The van der Waals surface area contributed by atoms with Crippen LogP contribution in [0.3, 0.4) is 0 Å². The monoisotopic (exact) mass is 602 g/mol. The molecule has 15 nitrogen and oxygen atoms in total. The van der Waals surface area contributed by atoms with Crippen molar-refractivity contribution in [3.8, 4) is 0 Å². The molecule has 2 aromatic rings. The molecular weight excluding hydrogens is 568 g/mol. The zero-order chi connectivity index (χ0) is 30.0. The second kappa shape index (κ2) is 12.2. The molecule has 0 unspecified atom stereocenters. The van der Waals surface area contributed by atoms with Crippen LogP contribution in [0.1, 0.15) is 54.7 Å². The van der Waals surface area contributed by atoms with Crippen molar-refractivity contribution in [2.24, 2.45) is 11.7 Å². The van der Waals surface area contributed by atoms with Crippen molar-refractivity contribution in [3.05, 3.63) is 41.7 Å². The van der Waals surface area contributed by atoms with E-state index in [4.69, 9.17) is 5.73 Å². The highest BCUT2D eigenvalue weighted by atomic mass is 32.2. The zero-order valence-electron chi connectivity index (χ0n) is 22.9. The van der Waals surface area contributed by atoms with Gasteiger partial charge in [0.05, 0.1) is 18.3 Å². The molecule has 226 valence electrons. The minimum atomic E-state index is -3.77. The van der Waals surface area contributed by atoms with Gasteiger partial charge < -0.3 is 21.1 Å². The van der Waals surface area contributed by atoms with Crippen LogP contribution in [0, 0.1) is 5.92 Å². The lowest BCUT2D eigenvalue weighted by Gasteiger charge is -2.39. The molecule has 2 saturated heterocycles. The standard InChI is InChI=1S/C26H34N8O7S/c27-18-8-6-17(7-9-18)23(24(38)25-29-30-31-33(25)14-22(36)37)28-26(39)20-11-10-19-12-32(13-21(35)34(19)20)42(40,41)15-16-4-2-1-3-5-16/h1-5,17-20,23H,6-15,27H2,(H,28,39)(H,36,37)/t17?,18?,19-,20-,23-/m0/s1. The molecule has 5 rings (SSSR count). The molecule has 0 bridgehead atoms. The third-order valence-electron chi connectivity index (χ3n) is 8.31. The average Bonchev–Trinajstić information content (AvgIpc) is 3.59. The third-order valence-corrected chi connectivity index (χ3v) is 10.1. The molecule has 3 atom stereocenters. The Morgan fingerprint density at radius 2 is 1.79 bits per heavy atom. The number of amides is 2. The van der Waals surface area contributed by atoms with Gasteiger partial charge in [-0.25, -0.2) is 13.1 Å². The molecular formula is C26H34N8O7S. The molecule has 1 aromatic heterocycles. The Hall–Kier alpha value is -3.76. The Morgan fingerprint density at radius 3 is 2.48 bits per heavy atom. The highest BCUT2D eigenvalue weighted by Gasteiger charge is 2.48. The lowest BCUT2D eigenvalue weighted by atomic mass is 9.80. The van der Waals surface area contributed by atoms with Crippen molar-refractivity contribution in [2.75, 3.05) is 13.1 Å². The van der Waals surface area contributed by atoms with Crippen molar-refractivity contribution in [3.63, 3.8) is 0 Å². The van der Waals surface area contributed by atoms with Crippen molar-refractivity contribution < 1.29 is 32.7 Å². The molecule has 1 aromatic carbocycles. The first kappa shape index (κ1) is 29.7. The number of carboxylic acids is 1. The fraction of sp³-hybridized carbons (Fsp3) is 0.577. The van der Waals surface area contributed by atoms with Gasteiger partial charge in [-0.1, -0.05) is 30.3 Å². The van der Waals surface area contributed by atoms with Crippen LogP contribution in [0.15, 0.2) is 30.3 Å². The number of nitrogens with one attached hydrogen (secondary N) is 1. The van der Waals surface area contributed by atoms with Crippen LogP contribution in [-0.4, -0.2) is 104 Å². The first-order chi connectivity index (χ1) is 20.0. The van der Waals surface area contributed by atoms with Gasteiger partial charge in [0.15, 0.2) is 0 Å².